The van der Waals surface area contributed by atoms with Crippen LogP contribution in [0.25, 0.3) is 11.6 Å². The maximum absolute atomic E-state index is 12.5. The fraction of sp³-hybridized carbons (Fsp3) is 0.263. The van der Waals surface area contributed by atoms with E-state index in [1.54, 1.807) is 6.20 Å². The zero-order chi connectivity index (χ0) is 17.4. The smallest absolute Gasteiger partial charge is 0.276 e. The fourth-order valence-corrected chi connectivity index (χ4v) is 3.23. The van der Waals surface area contributed by atoms with Gasteiger partial charge in [-0.15, -0.1) is 0 Å². The molecule has 3 heterocycles. The second-order valence-corrected chi connectivity index (χ2v) is 6.42. The zero-order valence-corrected chi connectivity index (χ0v) is 14.1. The Morgan fingerprint density at radius 2 is 1.96 bits per heavy atom. The lowest BCUT2D eigenvalue weighted by molar-refractivity contribution is -0.117. The predicted octanol–water partition coefficient (Wildman–Crippen LogP) is 3.27. The van der Waals surface area contributed by atoms with E-state index in [4.69, 9.17) is 4.52 Å². The number of aromatic nitrogens is 3. The van der Waals surface area contributed by atoms with Crippen LogP contribution in [-0.2, 0) is 4.79 Å². The van der Waals surface area contributed by atoms with Gasteiger partial charge in [0.25, 0.3) is 5.89 Å². The average molecular weight is 334 g/mol. The maximum atomic E-state index is 12.5. The van der Waals surface area contributed by atoms with Crippen LogP contribution in [-0.4, -0.2) is 27.6 Å². The molecule has 1 amide bonds. The number of pyridine rings is 1. The molecule has 1 aliphatic rings. The molecule has 1 unspecified atom stereocenters. The van der Waals surface area contributed by atoms with E-state index in [1.165, 1.54) is 0 Å². The monoisotopic (exact) mass is 334 g/mol. The number of aryl methyl sites for hydroxylation is 2. The summed E-state index contributed by atoms with van der Waals surface area (Å²) in [5.74, 6) is 0.947. The number of carbonyl (C=O) groups is 1. The average Bonchev–Trinajstić information content (AvgIpc) is 3.21. The molecule has 1 atom stereocenters. The third-order valence-corrected chi connectivity index (χ3v) is 4.33. The fourth-order valence-electron chi connectivity index (χ4n) is 3.23. The van der Waals surface area contributed by atoms with Crippen molar-refractivity contribution in [2.75, 3.05) is 11.4 Å². The van der Waals surface area contributed by atoms with Gasteiger partial charge in [0.15, 0.2) is 5.82 Å². The summed E-state index contributed by atoms with van der Waals surface area (Å²) in [6.07, 6.45) is 2.06. The van der Waals surface area contributed by atoms with Crippen molar-refractivity contribution in [3.63, 3.8) is 0 Å². The summed E-state index contributed by atoms with van der Waals surface area (Å²) in [6, 6.07) is 11.7. The molecule has 6 nitrogen and oxygen atoms in total. The molecule has 0 spiro atoms. The van der Waals surface area contributed by atoms with E-state index in [0.717, 1.165) is 16.8 Å². The second-order valence-electron chi connectivity index (χ2n) is 6.42. The third kappa shape index (κ3) is 3.03. The molecule has 25 heavy (non-hydrogen) atoms. The summed E-state index contributed by atoms with van der Waals surface area (Å²) in [5, 5.41) is 4.07. The lowest BCUT2D eigenvalue weighted by atomic mass is 10.1. The Balaban J connectivity index is 1.57. The lowest BCUT2D eigenvalue weighted by Crippen LogP contribution is -2.24. The van der Waals surface area contributed by atoms with Crippen molar-refractivity contribution in [1.29, 1.82) is 0 Å². The molecule has 1 aliphatic heterocycles. The van der Waals surface area contributed by atoms with Crippen LogP contribution in [0.15, 0.2) is 47.1 Å². The van der Waals surface area contributed by atoms with Gasteiger partial charge in [0.05, 0.1) is 0 Å². The van der Waals surface area contributed by atoms with Crippen LogP contribution >= 0.6 is 0 Å². The van der Waals surface area contributed by atoms with Crippen LogP contribution in [0, 0.1) is 13.8 Å². The molecule has 1 fully saturated rings. The first-order chi connectivity index (χ1) is 12.1. The molecular formula is C19H18N4O2. The number of hydrogen-bond acceptors (Lipinski definition) is 5. The highest BCUT2D eigenvalue weighted by Crippen LogP contribution is 2.32. The van der Waals surface area contributed by atoms with Gasteiger partial charge in [-0.05, 0) is 49.2 Å². The van der Waals surface area contributed by atoms with Gasteiger partial charge in [-0.25, -0.2) is 0 Å². The Hall–Kier alpha value is -3.02. The first-order valence-corrected chi connectivity index (χ1v) is 8.24. The van der Waals surface area contributed by atoms with Crippen LogP contribution in [0.4, 0.5) is 5.69 Å². The van der Waals surface area contributed by atoms with Gasteiger partial charge in [-0.1, -0.05) is 17.3 Å². The SMILES string of the molecule is Cc1cc(C)cc(N2CC(c3noc(-c4ccccn4)n3)CC2=O)c1. The molecule has 126 valence electrons. The largest absolute Gasteiger partial charge is 0.332 e. The summed E-state index contributed by atoms with van der Waals surface area (Å²) in [5.41, 5.74) is 3.85. The van der Waals surface area contributed by atoms with Crippen molar-refractivity contribution in [3.8, 4) is 11.6 Å². The Morgan fingerprint density at radius 1 is 1.16 bits per heavy atom. The highest BCUT2D eigenvalue weighted by Gasteiger charge is 2.34. The normalized spacial score (nSPS) is 17.3. The van der Waals surface area contributed by atoms with Gasteiger partial charge >= 0.3 is 0 Å². The minimum atomic E-state index is -0.0745. The minimum Gasteiger partial charge on any atom is -0.332 e. The topological polar surface area (TPSA) is 72.1 Å². The summed E-state index contributed by atoms with van der Waals surface area (Å²) >= 11 is 0. The van der Waals surface area contributed by atoms with Crippen LogP contribution in [0.1, 0.15) is 29.3 Å². The number of benzene rings is 1. The molecule has 3 aromatic rings. The second kappa shape index (κ2) is 6.12. The Kier molecular flexibility index (Phi) is 3.80. The van der Waals surface area contributed by atoms with E-state index in [0.29, 0.717) is 30.4 Å². The molecule has 1 saturated heterocycles. The van der Waals surface area contributed by atoms with Crippen LogP contribution < -0.4 is 4.90 Å². The van der Waals surface area contributed by atoms with Crippen molar-refractivity contribution in [2.45, 2.75) is 26.2 Å². The van der Waals surface area contributed by atoms with E-state index in [-0.39, 0.29) is 11.8 Å². The van der Waals surface area contributed by atoms with Crippen LogP contribution in [0.2, 0.25) is 0 Å². The predicted molar refractivity (Wildman–Crippen MR) is 93.2 cm³/mol. The molecule has 0 N–H and O–H groups in total. The van der Waals surface area contributed by atoms with E-state index in [9.17, 15) is 4.79 Å². The van der Waals surface area contributed by atoms with Crippen molar-refractivity contribution in [3.05, 3.63) is 59.5 Å². The lowest BCUT2D eigenvalue weighted by Gasteiger charge is -2.17. The summed E-state index contributed by atoms with van der Waals surface area (Å²) in [6.45, 7) is 4.63. The van der Waals surface area contributed by atoms with Crippen molar-refractivity contribution in [1.82, 2.24) is 15.1 Å². The van der Waals surface area contributed by atoms with E-state index in [1.807, 2.05) is 49.1 Å². The number of nitrogens with zero attached hydrogens (tertiary/aromatic N) is 4. The molecule has 0 aliphatic carbocycles. The van der Waals surface area contributed by atoms with Gasteiger partial charge in [-0.3, -0.25) is 9.78 Å². The molecule has 1 aromatic carbocycles. The number of rotatable bonds is 3. The van der Waals surface area contributed by atoms with Crippen molar-refractivity contribution < 1.29 is 9.32 Å². The Labute approximate surface area is 145 Å². The van der Waals surface area contributed by atoms with Gasteiger partial charge < -0.3 is 9.42 Å². The van der Waals surface area contributed by atoms with Gasteiger partial charge in [0.2, 0.25) is 5.91 Å². The number of amides is 1. The zero-order valence-electron chi connectivity index (χ0n) is 14.1. The molecule has 0 radical (unpaired) electrons. The first kappa shape index (κ1) is 15.5. The summed E-state index contributed by atoms with van der Waals surface area (Å²) < 4.78 is 5.32. The van der Waals surface area contributed by atoms with E-state index < -0.39 is 0 Å². The molecule has 2 aromatic heterocycles. The van der Waals surface area contributed by atoms with Gasteiger partial charge in [0.1, 0.15) is 5.69 Å². The summed E-state index contributed by atoms with van der Waals surface area (Å²) in [7, 11) is 0. The number of carbonyl (C=O) groups excluding carboxylic acids is 1. The van der Waals surface area contributed by atoms with E-state index >= 15 is 0 Å². The molecule has 6 heteroatoms. The number of hydrogen-bond donors (Lipinski definition) is 0. The Bertz CT molecular complexity index is 900. The number of anilines is 1. The quantitative estimate of drug-likeness (QED) is 0.735. The maximum Gasteiger partial charge on any atom is 0.276 e. The van der Waals surface area contributed by atoms with Crippen LogP contribution in [0.5, 0.6) is 0 Å². The highest BCUT2D eigenvalue weighted by molar-refractivity contribution is 5.96. The standard InChI is InChI=1S/C19H18N4O2/c1-12-7-13(2)9-15(8-12)23-11-14(10-17(23)24)18-21-19(25-22-18)16-5-3-4-6-20-16/h3-9,14H,10-11H2,1-2H3. The van der Waals surface area contributed by atoms with E-state index in [2.05, 4.69) is 21.2 Å². The molecule has 0 bridgehead atoms. The highest BCUT2D eigenvalue weighted by atomic mass is 16.5. The molecular weight excluding hydrogens is 316 g/mol. The van der Waals surface area contributed by atoms with Crippen LogP contribution in [0.3, 0.4) is 0 Å². The minimum absolute atomic E-state index is 0.0745. The van der Waals surface area contributed by atoms with Gasteiger partial charge in [-0.2, -0.15) is 4.98 Å². The Morgan fingerprint density at radius 3 is 2.68 bits per heavy atom. The molecule has 0 saturated carbocycles. The van der Waals surface area contributed by atoms with Gasteiger partial charge in [0, 0.05) is 30.8 Å². The molecule has 4 rings (SSSR count). The first-order valence-electron chi connectivity index (χ1n) is 8.24. The van der Waals surface area contributed by atoms with Crippen molar-refractivity contribution in [2.24, 2.45) is 0 Å². The van der Waals surface area contributed by atoms with Crippen molar-refractivity contribution >= 4 is 11.6 Å². The third-order valence-electron chi connectivity index (χ3n) is 4.33. The summed E-state index contributed by atoms with van der Waals surface area (Å²) in [4.78, 5) is 22.9.